The molecule has 0 N–H and O–H groups in total. The van der Waals surface area contributed by atoms with Gasteiger partial charge in [0.15, 0.2) is 0 Å². The summed E-state index contributed by atoms with van der Waals surface area (Å²) < 4.78 is 101. The molecule has 0 radical (unpaired) electrons. The Morgan fingerprint density at radius 3 is 1.89 bits per heavy atom. The van der Waals surface area contributed by atoms with Gasteiger partial charge in [-0.25, -0.2) is 8.78 Å². The second kappa shape index (κ2) is 8.61. The van der Waals surface area contributed by atoms with Crippen molar-refractivity contribution in [3.8, 4) is 0 Å². The van der Waals surface area contributed by atoms with E-state index in [2.05, 4.69) is 0 Å². The van der Waals surface area contributed by atoms with Crippen molar-refractivity contribution in [3.63, 3.8) is 0 Å². The highest BCUT2D eigenvalue weighted by Crippen LogP contribution is 2.40. The van der Waals surface area contributed by atoms with Crippen LogP contribution in [0.15, 0.2) is 24.3 Å². The maximum atomic E-state index is 13.7. The molecule has 0 saturated heterocycles. The molecule has 0 nitrogen and oxygen atoms in total. The van der Waals surface area contributed by atoms with Crippen molar-refractivity contribution < 1.29 is 35.1 Å². The second-order valence-corrected chi connectivity index (χ2v) is 6.94. The molecule has 0 aliphatic heterocycles. The average Bonchev–Trinajstić information content (AvgIpc) is 2.52. The Balaban J connectivity index is 1.88. The van der Waals surface area contributed by atoms with Crippen LogP contribution < -0.4 is 0 Å². The summed E-state index contributed by atoms with van der Waals surface area (Å²) in [6, 6.07) is 1.52. The first kappa shape index (κ1) is 21.7. The number of allylic oxidation sites excluding steroid dienone is 2. The lowest BCUT2D eigenvalue weighted by atomic mass is 9.77. The molecule has 27 heavy (non-hydrogen) atoms. The molecule has 0 unspecified atom stereocenters. The minimum absolute atomic E-state index is 0.0665. The minimum Gasteiger partial charge on any atom is -0.206 e. The van der Waals surface area contributed by atoms with Crippen LogP contribution in [0.2, 0.25) is 0 Å². The lowest BCUT2D eigenvalue weighted by Crippen LogP contribution is -2.16. The van der Waals surface area contributed by atoms with E-state index < -0.39 is 36.0 Å². The molecule has 8 heteroatoms. The molecule has 1 aromatic rings. The van der Waals surface area contributed by atoms with E-state index in [0.29, 0.717) is 32.1 Å². The molecule has 0 spiro atoms. The molecule has 0 aromatic heterocycles. The predicted octanol–water partition coefficient (Wildman–Crippen LogP) is 7.55. The van der Waals surface area contributed by atoms with Crippen LogP contribution in [0.5, 0.6) is 0 Å². The van der Waals surface area contributed by atoms with Crippen LogP contribution in [0.1, 0.15) is 62.0 Å². The van der Waals surface area contributed by atoms with E-state index in [1.165, 1.54) is 6.08 Å². The zero-order valence-corrected chi connectivity index (χ0v) is 14.4. The Kier molecular flexibility index (Phi) is 6.92. The summed E-state index contributed by atoms with van der Waals surface area (Å²) in [6.07, 6.45) is -3.77. The summed E-state index contributed by atoms with van der Waals surface area (Å²) in [5.74, 6) is -3.17. The first-order valence-corrected chi connectivity index (χ1v) is 8.75. The van der Waals surface area contributed by atoms with Crippen LogP contribution in [0.25, 0.3) is 0 Å². The lowest BCUT2D eigenvalue weighted by molar-refractivity contribution is -0.142. The third kappa shape index (κ3) is 6.50. The van der Waals surface area contributed by atoms with Crippen molar-refractivity contribution in [1.82, 2.24) is 0 Å². The van der Waals surface area contributed by atoms with Crippen molar-refractivity contribution in [3.05, 3.63) is 47.0 Å². The number of hydrogen-bond acceptors (Lipinski definition) is 0. The van der Waals surface area contributed by atoms with Gasteiger partial charge in [-0.2, -0.15) is 26.3 Å². The molecule has 1 fully saturated rings. The first-order chi connectivity index (χ1) is 12.5. The third-order valence-electron chi connectivity index (χ3n) is 4.90. The summed E-state index contributed by atoms with van der Waals surface area (Å²) in [5, 5.41) is 0. The van der Waals surface area contributed by atoms with Gasteiger partial charge in [-0.1, -0.05) is 12.2 Å². The maximum Gasteiger partial charge on any atom is 0.422 e. The van der Waals surface area contributed by atoms with Crippen molar-refractivity contribution in [2.45, 2.75) is 63.2 Å². The summed E-state index contributed by atoms with van der Waals surface area (Å²) in [7, 11) is 0. The quantitative estimate of drug-likeness (QED) is 0.354. The molecule has 0 amide bonds. The molecule has 0 heterocycles. The van der Waals surface area contributed by atoms with Gasteiger partial charge in [-0.3, -0.25) is 0 Å². The fourth-order valence-corrected chi connectivity index (χ4v) is 3.48. The Hall–Kier alpha value is -1.60. The van der Waals surface area contributed by atoms with Crippen molar-refractivity contribution >= 4 is 0 Å². The Bertz CT molecular complexity index is 626. The fourth-order valence-electron chi connectivity index (χ4n) is 3.48. The Labute approximate surface area is 152 Å². The number of rotatable bonds is 5. The normalized spacial score (nSPS) is 21.8. The largest absolute Gasteiger partial charge is 0.422 e. The van der Waals surface area contributed by atoms with Crippen molar-refractivity contribution in [2.24, 2.45) is 5.92 Å². The summed E-state index contributed by atoms with van der Waals surface area (Å²) >= 11 is 0. The van der Waals surface area contributed by atoms with Gasteiger partial charge in [0.1, 0.15) is 17.2 Å². The molecule has 0 atom stereocenters. The van der Waals surface area contributed by atoms with Crippen molar-refractivity contribution in [1.29, 1.82) is 0 Å². The molecule has 152 valence electrons. The van der Waals surface area contributed by atoms with Crippen LogP contribution in [-0.2, 0) is 6.18 Å². The molecule has 1 aliphatic rings. The summed E-state index contributed by atoms with van der Waals surface area (Å²) in [4.78, 5) is 0. The minimum atomic E-state index is -5.08. The van der Waals surface area contributed by atoms with Crippen LogP contribution in [0.3, 0.4) is 0 Å². The van der Waals surface area contributed by atoms with Gasteiger partial charge in [-0.15, -0.1) is 0 Å². The highest BCUT2D eigenvalue weighted by molar-refractivity contribution is 5.30. The fraction of sp³-hybridized carbons (Fsp3) is 0.579. The number of hydrogen-bond donors (Lipinski definition) is 0. The van der Waals surface area contributed by atoms with Gasteiger partial charge in [0, 0.05) is 6.42 Å². The van der Waals surface area contributed by atoms with E-state index in [1.807, 2.05) is 0 Å². The molecule has 1 aromatic carbocycles. The smallest absolute Gasteiger partial charge is 0.206 e. The van der Waals surface area contributed by atoms with E-state index in [-0.39, 0.29) is 23.8 Å². The predicted molar refractivity (Wildman–Crippen MR) is 85.1 cm³/mol. The van der Waals surface area contributed by atoms with Gasteiger partial charge in [0.05, 0.1) is 0 Å². The highest BCUT2D eigenvalue weighted by atomic mass is 19.4. The Morgan fingerprint density at radius 2 is 1.41 bits per heavy atom. The average molecular weight is 400 g/mol. The lowest BCUT2D eigenvalue weighted by Gasteiger charge is -2.28. The third-order valence-corrected chi connectivity index (χ3v) is 4.90. The first-order valence-electron chi connectivity index (χ1n) is 8.75. The van der Waals surface area contributed by atoms with Crippen LogP contribution in [-0.4, -0.2) is 6.18 Å². The van der Waals surface area contributed by atoms with Gasteiger partial charge < -0.3 is 0 Å². The van der Waals surface area contributed by atoms with Crippen LogP contribution in [0.4, 0.5) is 35.1 Å². The summed E-state index contributed by atoms with van der Waals surface area (Å²) in [6.45, 7) is 0. The van der Waals surface area contributed by atoms with Crippen LogP contribution in [0, 0.1) is 17.6 Å². The summed E-state index contributed by atoms with van der Waals surface area (Å²) in [5.41, 5.74) is -1.65. The van der Waals surface area contributed by atoms with Gasteiger partial charge in [-0.05, 0) is 68.1 Å². The van der Waals surface area contributed by atoms with E-state index in [4.69, 9.17) is 0 Å². The zero-order chi connectivity index (χ0) is 20.2. The number of benzene rings is 1. The SMILES string of the molecule is Fc1cc([C@H]2CC[C@H](CC=CCCC(F)(F)F)CC2)cc(F)c1C(F)(F)F. The van der Waals surface area contributed by atoms with Gasteiger partial charge in [0.25, 0.3) is 0 Å². The molecular weight excluding hydrogens is 380 g/mol. The molecule has 2 rings (SSSR count). The van der Waals surface area contributed by atoms with Gasteiger partial charge in [0.2, 0.25) is 0 Å². The van der Waals surface area contributed by atoms with Crippen LogP contribution >= 0.6 is 0 Å². The number of alkyl halides is 6. The molecule has 1 saturated carbocycles. The zero-order valence-electron chi connectivity index (χ0n) is 14.4. The van der Waals surface area contributed by atoms with Gasteiger partial charge >= 0.3 is 12.4 Å². The standard InChI is InChI=1S/C19H20F8/c20-15-10-14(11-16(21)17(15)19(25,26)27)13-7-5-12(6-8-13)4-2-1-3-9-18(22,23)24/h1-2,10-13H,3-9H2/t12-,13-. The van der Waals surface area contributed by atoms with E-state index >= 15 is 0 Å². The maximum absolute atomic E-state index is 13.7. The van der Waals surface area contributed by atoms with E-state index in [0.717, 1.165) is 12.1 Å². The highest BCUT2D eigenvalue weighted by Gasteiger charge is 2.38. The molecule has 1 aliphatic carbocycles. The second-order valence-electron chi connectivity index (χ2n) is 6.94. The molecular formula is C19H20F8. The molecule has 0 bridgehead atoms. The van der Waals surface area contributed by atoms with E-state index in [1.54, 1.807) is 6.08 Å². The number of halogens is 8. The van der Waals surface area contributed by atoms with E-state index in [9.17, 15) is 35.1 Å². The van der Waals surface area contributed by atoms with Crippen molar-refractivity contribution in [2.75, 3.05) is 0 Å². The topological polar surface area (TPSA) is 0 Å². The monoisotopic (exact) mass is 400 g/mol. The Morgan fingerprint density at radius 1 is 0.852 bits per heavy atom.